The van der Waals surface area contributed by atoms with Crippen molar-refractivity contribution >= 4 is 5.91 Å². The van der Waals surface area contributed by atoms with Crippen LogP contribution in [0, 0.1) is 5.92 Å². The van der Waals surface area contributed by atoms with E-state index in [4.69, 9.17) is 5.11 Å². The van der Waals surface area contributed by atoms with E-state index in [-0.39, 0.29) is 24.5 Å². The van der Waals surface area contributed by atoms with Gasteiger partial charge in [0.1, 0.15) is 0 Å². The van der Waals surface area contributed by atoms with Gasteiger partial charge in [0, 0.05) is 12.0 Å². The van der Waals surface area contributed by atoms with Gasteiger partial charge in [-0.25, -0.2) is 0 Å². The van der Waals surface area contributed by atoms with Crippen LogP contribution in [0.4, 0.5) is 0 Å². The molecule has 1 amide bonds. The molecule has 0 bridgehead atoms. The van der Waals surface area contributed by atoms with Gasteiger partial charge in [0.15, 0.2) is 0 Å². The summed E-state index contributed by atoms with van der Waals surface area (Å²) in [6, 6.07) is -0.129. The number of unbranched alkanes of at least 4 members (excludes halogenated alkanes) is 3. The molecule has 0 radical (unpaired) electrons. The van der Waals surface area contributed by atoms with E-state index in [2.05, 4.69) is 12.2 Å². The number of carbonyl (C=O) groups is 1. The second-order valence-corrected chi connectivity index (χ2v) is 4.34. The fraction of sp³-hybridized carbons (Fsp3) is 0.917. The van der Waals surface area contributed by atoms with Gasteiger partial charge in [0.25, 0.3) is 0 Å². The predicted molar refractivity (Wildman–Crippen MR) is 62.6 cm³/mol. The van der Waals surface area contributed by atoms with Crippen molar-refractivity contribution in [3.8, 4) is 0 Å². The second kappa shape index (κ2) is 8.72. The van der Waals surface area contributed by atoms with Crippen LogP contribution in [-0.2, 0) is 4.79 Å². The van der Waals surface area contributed by atoms with Crippen LogP contribution >= 0.6 is 0 Å². The minimum Gasteiger partial charge on any atom is -0.394 e. The van der Waals surface area contributed by atoms with Crippen molar-refractivity contribution in [3.63, 3.8) is 0 Å². The monoisotopic (exact) mass is 215 g/mol. The van der Waals surface area contributed by atoms with Crippen molar-refractivity contribution in [1.82, 2.24) is 5.32 Å². The summed E-state index contributed by atoms with van der Waals surface area (Å²) in [5, 5.41) is 11.6. The lowest BCUT2D eigenvalue weighted by molar-refractivity contribution is -0.125. The Labute approximate surface area is 93.3 Å². The van der Waals surface area contributed by atoms with Crippen LogP contribution in [0.25, 0.3) is 0 Å². The summed E-state index contributed by atoms with van der Waals surface area (Å²) in [6.07, 6.45) is 5.76. The number of hydrogen-bond donors (Lipinski definition) is 2. The Morgan fingerprint density at radius 1 is 1.27 bits per heavy atom. The molecule has 0 aliphatic carbocycles. The van der Waals surface area contributed by atoms with Gasteiger partial charge in [0.05, 0.1) is 6.61 Å². The van der Waals surface area contributed by atoms with Crippen molar-refractivity contribution in [3.05, 3.63) is 0 Å². The summed E-state index contributed by atoms with van der Waals surface area (Å²) in [4.78, 5) is 11.6. The minimum absolute atomic E-state index is 0.00823. The summed E-state index contributed by atoms with van der Waals surface area (Å²) >= 11 is 0. The number of hydrogen-bond acceptors (Lipinski definition) is 2. The zero-order valence-electron chi connectivity index (χ0n) is 10.3. The lowest BCUT2D eigenvalue weighted by Gasteiger charge is -2.15. The number of aliphatic hydroxyl groups excluding tert-OH is 1. The Hall–Kier alpha value is -0.570. The van der Waals surface area contributed by atoms with Gasteiger partial charge in [-0.05, 0) is 13.3 Å². The fourth-order valence-electron chi connectivity index (χ4n) is 1.44. The van der Waals surface area contributed by atoms with E-state index in [0.717, 1.165) is 12.8 Å². The number of nitrogens with one attached hydrogen (secondary N) is 1. The summed E-state index contributed by atoms with van der Waals surface area (Å²) in [6.45, 7) is 5.94. The lowest BCUT2D eigenvalue weighted by atomic mass is 10.0. The molecule has 0 heterocycles. The van der Waals surface area contributed by atoms with Crippen LogP contribution in [0.1, 0.15) is 52.9 Å². The summed E-state index contributed by atoms with van der Waals surface area (Å²) in [5.41, 5.74) is 0. The number of rotatable bonds is 8. The average molecular weight is 215 g/mol. The SMILES string of the molecule is CCCCCCC(C)C(=O)NC(C)CO. The third-order valence-electron chi connectivity index (χ3n) is 2.60. The molecule has 3 nitrogen and oxygen atoms in total. The molecular formula is C12H25NO2. The zero-order valence-corrected chi connectivity index (χ0v) is 10.3. The first kappa shape index (κ1) is 14.4. The van der Waals surface area contributed by atoms with E-state index in [0.29, 0.717) is 0 Å². The highest BCUT2D eigenvalue weighted by Gasteiger charge is 2.13. The molecule has 0 aromatic carbocycles. The standard InChI is InChI=1S/C12H25NO2/c1-4-5-6-7-8-10(2)12(15)13-11(3)9-14/h10-11,14H,4-9H2,1-3H3,(H,13,15). The maximum absolute atomic E-state index is 11.6. The summed E-state index contributed by atoms with van der Waals surface area (Å²) in [5.74, 6) is 0.129. The Morgan fingerprint density at radius 2 is 1.93 bits per heavy atom. The molecule has 0 fully saturated rings. The number of aliphatic hydroxyl groups is 1. The van der Waals surface area contributed by atoms with Crippen molar-refractivity contribution in [2.45, 2.75) is 58.9 Å². The molecule has 15 heavy (non-hydrogen) atoms. The quantitative estimate of drug-likeness (QED) is 0.609. The topological polar surface area (TPSA) is 49.3 Å². The molecule has 0 aliphatic heterocycles. The van der Waals surface area contributed by atoms with Crippen LogP contribution in [0.3, 0.4) is 0 Å². The van der Waals surface area contributed by atoms with E-state index in [1.807, 2.05) is 13.8 Å². The third kappa shape index (κ3) is 7.37. The predicted octanol–water partition coefficient (Wildman–Crippen LogP) is 2.09. The molecule has 2 N–H and O–H groups in total. The number of amides is 1. The van der Waals surface area contributed by atoms with E-state index in [1.165, 1.54) is 19.3 Å². The lowest BCUT2D eigenvalue weighted by Crippen LogP contribution is -2.38. The molecule has 0 saturated heterocycles. The molecule has 2 atom stereocenters. The Balaban J connectivity index is 3.60. The zero-order chi connectivity index (χ0) is 11.7. The molecule has 0 aromatic rings. The van der Waals surface area contributed by atoms with Crippen LogP contribution in [0.15, 0.2) is 0 Å². The highest BCUT2D eigenvalue weighted by Crippen LogP contribution is 2.10. The van der Waals surface area contributed by atoms with Gasteiger partial charge in [0.2, 0.25) is 5.91 Å². The fourth-order valence-corrected chi connectivity index (χ4v) is 1.44. The summed E-state index contributed by atoms with van der Waals surface area (Å²) < 4.78 is 0. The molecular weight excluding hydrogens is 190 g/mol. The second-order valence-electron chi connectivity index (χ2n) is 4.34. The Kier molecular flexibility index (Phi) is 8.38. The molecule has 90 valence electrons. The van der Waals surface area contributed by atoms with Gasteiger partial charge in [-0.2, -0.15) is 0 Å². The first-order chi connectivity index (χ1) is 7.11. The van der Waals surface area contributed by atoms with Crippen molar-refractivity contribution in [1.29, 1.82) is 0 Å². The van der Waals surface area contributed by atoms with Gasteiger partial charge in [-0.3, -0.25) is 4.79 Å². The number of carbonyl (C=O) groups excluding carboxylic acids is 1. The molecule has 0 aromatic heterocycles. The van der Waals surface area contributed by atoms with E-state index >= 15 is 0 Å². The highest BCUT2D eigenvalue weighted by atomic mass is 16.3. The molecule has 2 unspecified atom stereocenters. The van der Waals surface area contributed by atoms with Gasteiger partial charge in [-0.15, -0.1) is 0 Å². The van der Waals surface area contributed by atoms with Crippen molar-refractivity contribution < 1.29 is 9.90 Å². The third-order valence-corrected chi connectivity index (χ3v) is 2.60. The normalized spacial score (nSPS) is 14.7. The Morgan fingerprint density at radius 3 is 2.47 bits per heavy atom. The summed E-state index contributed by atoms with van der Waals surface area (Å²) in [7, 11) is 0. The molecule has 0 saturated carbocycles. The van der Waals surface area contributed by atoms with E-state index in [1.54, 1.807) is 0 Å². The van der Waals surface area contributed by atoms with E-state index < -0.39 is 0 Å². The van der Waals surface area contributed by atoms with Gasteiger partial charge < -0.3 is 10.4 Å². The smallest absolute Gasteiger partial charge is 0.223 e. The van der Waals surface area contributed by atoms with Crippen LogP contribution in [0.5, 0.6) is 0 Å². The van der Waals surface area contributed by atoms with Crippen LogP contribution in [-0.4, -0.2) is 23.7 Å². The first-order valence-electron chi connectivity index (χ1n) is 6.03. The largest absolute Gasteiger partial charge is 0.394 e. The maximum atomic E-state index is 11.6. The minimum atomic E-state index is -0.129. The average Bonchev–Trinajstić information content (AvgIpc) is 2.23. The van der Waals surface area contributed by atoms with Crippen LogP contribution < -0.4 is 5.32 Å². The van der Waals surface area contributed by atoms with Crippen molar-refractivity contribution in [2.75, 3.05) is 6.61 Å². The van der Waals surface area contributed by atoms with Gasteiger partial charge >= 0.3 is 0 Å². The van der Waals surface area contributed by atoms with Crippen LogP contribution in [0.2, 0.25) is 0 Å². The molecule has 0 spiro atoms. The van der Waals surface area contributed by atoms with E-state index in [9.17, 15) is 4.79 Å². The molecule has 3 heteroatoms. The van der Waals surface area contributed by atoms with Gasteiger partial charge in [-0.1, -0.05) is 39.5 Å². The molecule has 0 aliphatic rings. The Bertz CT molecular complexity index is 171. The van der Waals surface area contributed by atoms with Crippen molar-refractivity contribution in [2.24, 2.45) is 5.92 Å². The highest BCUT2D eigenvalue weighted by molar-refractivity contribution is 5.78. The molecule has 0 rings (SSSR count). The maximum Gasteiger partial charge on any atom is 0.223 e. The first-order valence-corrected chi connectivity index (χ1v) is 6.03.